The number of aryl methyl sites for hydroxylation is 1. The summed E-state index contributed by atoms with van der Waals surface area (Å²) in [6, 6.07) is 19.6. The molecule has 1 nitrogen and oxygen atoms in total. The van der Waals surface area contributed by atoms with Gasteiger partial charge in [-0.05, 0) is 61.8 Å². The van der Waals surface area contributed by atoms with Crippen molar-refractivity contribution in [3.8, 4) is 0 Å². The molecule has 2 aromatic carbocycles. The third kappa shape index (κ3) is 4.22. The number of rotatable bonds is 6. The molecular weight excluding hydrogens is 302 g/mol. The van der Waals surface area contributed by atoms with Gasteiger partial charge < -0.3 is 4.90 Å². The lowest BCUT2D eigenvalue weighted by molar-refractivity contribution is 0.760. The zero-order valence-corrected chi connectivity index (χ0v) is 15.8. The first kappa shape index (κ1) is 17.5. The van der Waals surface area contributed by atoms with Crippen LogP contribution in [-0.4, -0.2) is 14.1 Å². The van der Waals surface area contributed by atoms with Crippen LogP contribution in [0.2, 0.25) is 0 Å². The highest BCUT2D eigenvalue weighted by atomic mass is 15.1. The Balaban J connectivity index is 1.75. The van der Waals surface area contributed by atoms with E-state index in [4.69, 9.17) is 0 Å². The third-order valence-electron chi connectivity index (χ3n) is 5.19. The summed E-state index contributed by atoms with van der Waals surface area (Å²) in [7, 11) is 4.25. The summed E-state index contributed by atoms with van der Waals surface area (Å²) < 4.78 is 0. The van der Waals surface area contributed by atoms with Crippen molar-refractivity contribution >= 4 is 11.3 Å². The smallest absolute Gasteiger partial charge is 0.0440 e. The van der Waals surface area contributed by atoms with E-state index in [1.54, 1.807) is 5.57 Å². The van der Waals surface area contributed by atoms with Crippen LogP contribution in [0, 0.1) is 0 Å². The van der Waals surface area contributed by atoms with Gasteiger partial charge in [0, 0.05) is 25.3 Å². The van der Waals surface area contributed by atoms with Crippen LogP contribution in [0.25, 0.3) is 5.57 Å². The molecular formula is C24H29N. The molecule has 0 aromatic heterocycles. The Morgan fingerprint density at radius 2 is 1.60 bits per heavy atom. The Hall–Kier alpha value is -2.28. The maximum Gasteiger partial charge on any atom is 0.0440 e. The Bertz CT molecular complexity index is 766. The van der Waals surface area contributed by atoms with Crippen molar-refractivity contribution in [3.63, 3.8) is 0 Å². The van der Waals surface area contributed by atoms with E-state index >= 15 is 0 Å². The summed E-state index contributed by atoms with van der Waals surface area (Å²) in [5, 5.41) is 0. The SMILES string of the molecule is CC1=C(CCCc2ccccc2)CCC=C1c1ccccc1N(C)C. The standard InChI is InChI=1S/C24H29N/c1-19-21(14-9-13-20-11-5-4-6-12-20)15-10-17-22(19)23-16-7-8-18-24(23)25(2)3/h4-8,11-12,16-18H,9-10,13-15H2,1-3H3. The topological polar surface area (TPSA) is 3.24 Å². The molecule has 0 fully saturated rings. The van der Waals surface area contributed by atoms with Crippen molar-refractivity contribution in [2.75, 3.05) is 19.0 Å². The molecule has 0 heterocycles. The Kier molecular flexibility index (Phi) is 5.75. The van der Waals surface area contributed by atoms with Crippen molar-refractivity contribution in [1.29, 1.82) is 0 Å². The summed E-state index contributed by atoms with van der Waals surface area (Å²) in [5.74, 6) is 0. The van der Waals surface area contributed by atoms with Crippen LogP contribution in [0.1, 0.15) is 43.7 Å². The van der Waals surface area contributed by atoms with Crippen molar-refractivity contribution in [2.45, 2.75) is 39.0 Å². The van der Waals surface area contributed by atoms with Gasteiger partial charge in [0.2, 0.25) is 0 Å². The van der Waals surface area contributed by atoms with E-state index < -0.39 is 0 Å². The van der Waals surface area contributed by atoms with Crippen LogP contribution in [-0.2, 0) is 6.42 Å². The van der Waals surface area contributed by atoms with Gasteiger partial charge in [-0.15, -0.1) is 0 Å². The van der Waals surface area contributed by atoms with Gasteiger partial charge in [-0.1, -0.05) is 60.2 Å². The average Bonchev–Trinajstić information content (AvgIpc) is 2.64. The lowest BCUT2D eigenvalue weighted by atomic mass is 9.85. The molecule has 0 amide bonds. The molecule has 0 bridgehead atoms. The molecule has 2 aromatic rings. The second-order valence-electron chi connectivity index (χ2n) is 7.14. The molecule has 0 atom stereocenters. The largest absolute Gasteiger partial charge is 0.377 e. The first-order valence-electron chi connectivity index (χ1n) is 9.36. The highest BCUT2D eigenvalue weighted by Gasteiger charge is 2.16. The molecule has 3 rings (SSSR count). The van der Waals surface area contributed by atoms with Crippen molar-refractivity contribution < 1.29 is 0 Å². The van der Waals surface area contributed by atoms with E-state index in [0.29, 0.717) is 0 Å². The highest BCUT2D eigenvalue weighted by Crippen LogP contribution is 2.37. The van der Waals surface area contributed by atoms with E-state index in [1.165, 1.54) is 53.6 Å². The summed E-state index contributed by atoms with van der Waals surface area (Å²) >= 11 is 0. The zero-order chi connectivity index (χ0) is 17.6. The first-order chi connectivity index (χ1) is 12.2. The molecule has 1 aliphatic rings. The van der Waals surface area contributed by atoms with Gasteiger partial charge in [0.1, 0.15) is 0 Å². The minimum atomic E-state index is 1.16. The van der Waals surface area contributed by atoms with Gasteiger partial charge in [-0.3, -0.25) is 0 Å². The van der Waals surface area contributed by atoms with Crippen molar-refractivity contribution in [2.24, 2.45) is 0 Å². The highest BCUT2D eigenvalue weighted by molar-refractivity contribution is 5.86. The summed E-state index contributed by atoms with van der Waals surface area (Å²) in [6.07, 6.45) is 8.42. The van der Waals surface area contributed by atoms with Crippen LogP contribution >= 0.6 is 0 Å². The van der Waals surface area contributed by atoms with Crippen LogP contribution < -0.4 is 4.90 Å². The second kappa shape index (κ2) is 8.20. The minimum absolute atomic E-state index is 1.16. The Labute approximate surface area is 152 Å². The van der Waals surface area contributed by atoms with E-state index in [1.807, 2.05) is 0 Å². The number of nitrogens with zero attached hydrogens (tertiary/aromatic N) is 1. The number of hydrogen-bond acceptors (Lipinski definition) is 1. The van der Waals surface area contributed by atoms with Gasteiger partial charge in [0.05, 0.1) is 0 Å². The Morgan fingerprint density at radius 3 is 2.36 bits per heavy atom. The predicted molar refractivity (Wildman–Crippen MR) is 110 cm³/mol. The van der Waals surface area contributed by atoms with Crippen LogP contribution in [0.3, 0.4) is 0 Å². The van der Waals surface area contributed by atoms with Crippen LogP contribution in [0.4, 0.5) is 5.69 Å². The van der Waals surface area contributed by atoms with Crippen LogP contribution in [0.5, 0.6) is 0 Å². The molecule has 0 aliphatic heterocycles. The monoisotopic (exact) mass is 331 g/mol. The molecule has 0 saturated carbocycles. The van der Waals surface area contributed by atoms with Gasteiger partial charge in [0.25, 0.3) is 0 Å². The van der Waals surface area contributed by atoms with E-state index in [9.17, 15) is 0 Å². The molecule has 0 spiro atoms. The zero-order valence-electron chi connectivity index (χ0n) is 15.8. The summed E-state index contributed by atoms with van der Waals surface area (Å²) in [5.41, 5.74) is 8.69. The first-order valence-corrected chi connectivity index (χ1v) is 9.36. The predicted octanol–water partition coefficient (Wildman–Crippen LogP) is 6.27. The number of allylic oxidation sites excluding steroid dienone is 4. The molecule has 0 unspecified atom stereocenters. The molecule has 0 N–H and O–H groups in total. The lowest BCUT2D eigenvalue weighted by Crippen LogP contribution is -2.12. The number of para-hydroxylation sites is 1. The van der Waals surface area contributed by atoms with Gasteiger partial charge in [0.15, 0.2) is 0 Å². The molecule has 1 heteroatoms. The van der Waals surface area contributed by atoms with E-state index in [0.717, 1.165) is 6.42 Å². The fourth-order valence-electron chi connectivity index (χ4n) is 3.79. The maximum absolute atomic E-state index is 2.43. The maximum atomic E-state index is 2.43. The summed E-state index contributed by atoms with van der Waals surface area (Å²) in [6.45, 7) is 2.31. The number of anilines is 1. The third-order valence-corrected chi connectivity index (χ3v) is 5.19. The fourth-order valence-corrected chi connectivity index (χ4v) is 3.79. The van der Waals surface area contributed by atoms with E-state index in [-0.39, 0.29) is 0 Å². The van der Waals surface area contributed by atoms with Gasteiger partial charge >= 0.3 is 0 Å². The quantitative estimate of drug-likeness (QED) is 0.603. The van der Waals surface area contributed by atoms with Crippen molar-refractivity contribution in [1.82, 2.24) is 0 Å². The fraction of sp³-hybridized carbons (Fsp3) is 0.333. The van der Waals surface area contributed by atoms with Crippen molar-refractivity contribution in [3.05, 3.63) is 82.9 Å². The summed E-state index contributed by atoms with van der Waals surface area (Å²) in [4.78, 5) is 2.22. The van der Waals surface area contributed by atoms with Crippen LogP contribution in [0.15, 0.2) is 71.8 Å². The second-order valence-corrected chi connectivity index (χ2v) is 7.14. The van der Waals surface area contributed by atoms with E-state index in [2.05, 4.69) is 86.6 Å². The minimum Gasteiger partial charge on any atom is -0.377 e. The molecule has 130 valence electrons. The van der Waals surface area contributed by atoms with Gasteiger partial charge in [-0.25, -0.2) is 0 Å². The molecule has 0 saturated heterocycles. The molecule has 0 radical (unpaired) electrons. The number of benzene rings is 2. The molecule has 25 heavy (non-hydrogen) atoms. The molecule has 1 aliphatic carbocycles. The Morgan fingerprint density at radius 1 is 0.880 bits per heavy atom. The number of hydrogen-bond donors (Lipinski definition) is 0. The average molecular weight is 332 g/mol. The lowest BCUT2D eigenvalue weighted by Gasteiger charge is -2.24. The normalized spacial score (nSPS) is 14.4. The van der Waals surface area contributed by atoms with Gasteiger partial charge in [-0.2, -0.15) is 0 Å².